The Balaban J connectivity index is 2.58. The number of rotatable bonds is 4. The van der Waals surface area contributed by atoms with E-state index in [1.807, 2.05) is 0 Å². The Morgan fingerprint density at radius 3 is 2.73 bits per heavy atom. The van der Waals surface area contributed by atoms with E-state index in [0.29, 0.717) is 25.8 Å². The molecule has 0 aliphatic carbocycles. The van der Waals surface area contributed by atoms with Crippen molar-refractivity contribution in [2.45, 2.75) is 38.7 Å². The Kier molecular flexibility index (Phi) is 4.45. The normalized spacial score (nSPS) is 25.5. The van der Waals surface area contributed by atoms with Gasteiger partial charge in [-0.3, -0.25) is 9.69 Å². The molecule has 0 saturated carbocycles. The van der Waals surface area contributed by atoms with Crippen molar-refractivity contribution in [1.29, 1.82) is 0 Å². The molecule has 1 aliphatic rings. The van der Waals surface area contributed by atoms with Gasteiger partial charge in [-0.2, -0.15) is 0 Å². The van der Waals surface area contributed by atoms with E-state index in [2.05, 4.69) is 0 Å². The van der Waals surface area contributed by atoms with Crippen molar-refractivity contribution >= 4 is 5.97 Å². The lowest BCUT2D eigenvalue weighted by Crippen LogP contribution is -2.47. The van der Waals surface area contributed by atoms with Crippen LogP contribution >= 0.6 is 0 Å². The third-order valence-electron chi connectivity index (χ3n) is 2.96. The van der Waals surface area contributed by atoms with Crippen molar-refractivity contribution in [3.05, 3.63) is 0 Å². The van der Waals surface area contributed by atoms with E-state index >= 15 is 0 Å². The van der Waals surface area contributed by atoms with Gasteiger partial charge in [-0.05, 0) is 25.8 Å². The lowest BCUT2D eigenvalue weighted by molar-refractivity contribution is -0.144. The number of halogens is 2. The van der Waals surface area contributed by atoms with E-state index in [9.17, 15) is 13.6 Å². The Bertz CT molecular complexity index is 223. The number of hydrogen-bond donors (Lipinski definition) is 1. The zero-order chi connectivity index (χ0) is 11.4. The molecule has 15 heavy (non-hydrogen) atoms. The topological polar surface area (TPSA) is 40.5 Å². The minimum absolute atomic E-state index is 0.211. The van der Waals surface area contributed by atoms with E-state index in [4.69, 9.17) is 5.11 Å². The standard InChI is InChI=1S/C10H17F2NO2/c1-2-8(10(14)15)13-5-3-4-7(6-13)9(11)12/h7-9H,2-6H2,1H3,(H,14,15). The predicted octanol–water partition coefficient (Wildman–Crippen LogP) is 1.83. The molecule has 1 rings (SSSR count). The third-order valence-corrected chi connectivity index (χ3v) is 2.96. The van der Waals surface area contributed by atoms with Crippen LogP contribution in [0.3, 0.4) is 0 Å². The van der Waals surface area contributed by atoms with Crippen LogP contribution in [-0.2, 0) is 4.79 Å². The molecule has 1 aliphatic heterocycles. The Labute approximate surface area is 88.1 Å². The second-order valence-corrected chi connectivity index (χ2v) is 3.99. The van der Waals surface area contributed by atoms with Crippen molar-refractivity contribution in [2.75, 3.05) is 13.1 Å². The summed E-state index contributed by atoms with van der Waals surface area (Å²) in [5.74, 6) is -1.57. The maximum Gasteiger partial charge on any atom is 0.320 e. The van der Waals surface area contributed by atoms with Crippen molar-refractivity contribution in [3.8, 4) is 0 Å². The number of alkyl halides is 2. The molecular weight excluding hydrogens is 204 g/mol. The fourth-order valence-electron chi connectivity index (χ4n) is 2.12. The maximum absolute atomic E-state index is 12.5. The van der Waals surface area contributed by atoms with Gasteiger partial charge in [-0.1, -0.05) is 6.92 Å². The highest BCUT2D eigenvalue weighted by Crippen LogP contribution is 2.24. The Hall–Kier alpha value is -0.710. The lowest BCUT2D eigenvalue weighted by atomic mass is 9.96. The number of carboxylic acid groups (broad SMARTS) is 1. The molecule has 0 bridgehead atoms. The molecule has 1 heterocycles. The highest BCUT2D eigenvalue weighted by molar-refractivity contribution is 5.73. The Morgan fingerprint density at radius 1 is 1.60 bits per heavy atom. The summed E-state index contributed by atoms with van der Waals surface area (Å²) in [6.45, 7) is 2.60. The molecule has 2 unspecified atom stereocenters. The molecule has 0 amide bonds. The zero-order valence-electron chi connectivity index (χ0n) is 8.83. The molecule has 0 radical (unpaired) electrons. The third kappa shape index (κ3) is 3.12. The minimum atomic E-state index is -2.33. The molecule has 0 spiro atoms. The smallest absolute Gasteiger partial charge is 0.320 e. The molecule has 5 heteroatoms. The van der Waals surface area contributed by atoms with Crippen LogP contribution in [0.1, 0.15) is 26.2 Å². The number of piperidine rings is 1. The van der Waals surface area contributed by atoms with Gasteiger partial charge in [-0.15, -0.1) is 0 Å². The zero-order valence-corrected chi connectivity index (χ0v) is 8.83. The average Bonchev–Trinajstić information content (AvgIpc) is 2.18. The molecular formula is C10H17F2NO2. The van der Waals surface area contributed by atoms with Crippen LogP contribution < -0.4 is 0 Å². The monoisotopic (exact) mass is 221 g/mol. The number of nitrogens with zero attached hydrogens (tertiary/aromatic N) is 1. The molecule has 0 aromatic heterocycles. The van der Waals surface area contributed by atoms with Crippen LogP contribution in [0, 0.1) is 5.92 Å². The van der Waals surface area contributed by atoms with Crippen LogP contribution in [-0.4, -0.2) is 41.5 Å². The van der Waals surface area contributed by atoms with Crippen molar-refractivity contribution in [3.63, 3.8) is 0 Å². The molecule has 0 aromatic carbocycles. The van der Waals surface area contributed by atoms with Gasteiger partial charge in [0.1, 0.15) is 6.04 Å². The van der Waals surface area contributed by atoms with E-state index in [1.165, 1.54) is 0 Å². The van der Waals surface area contributed by atoms with Crippen LogP contribution in [0.4, 0.5) is 8.78 Å². The molecule has 1 fully saturated rings. The number of aliphatic carboxylic acids is 1. The Morgan fingerprint density at radius 2 is 2.27 bits per heavy atom. The van der Waals surface area contributed by atoms with Gasteiger partial charge in [-0.25, -0.2) is 8.78 Å². The summed E-state index contributed by atoms with van der Waals surface area (Å²) in [6, 6.07) is -0.605. The van der Waals surface area contributed by atoms with Gasteiger partial charge in [0, 0.05) is 12.5 Å². The first kappa shape index (κ1) is 12.4. The van der Waals surface area contributed by atoms with Crippen LogP contribution in [0.5, 0.6) is 0 Å². The van der Waals surface area contributed by atoms with Gasteiger partial charge in [0.2, 0.25) is 6.43 Å². The van der Waals surface area contributed by atoms with E-state index < -0.39 is 24.4 Å². The number of hydrogen-bond acceptors (Lipinski definition) is 2. The van der Waals surface area contributed by atoms with Crippen LogP contribution in [0.25, 0.3) is 0 Å². The second kappa shape index (κ2) is 5.39. The number of likely N-dealkylation sites (tertiary alicyclic amines) is 1. The number of carboxylic acids is 1. The molecule has 1 saturated heterocycles. The van der Waals surface area contributed by atoms with Gasteiger partial charge in [0.15, 0.2) is 0 Å². The summed E-state index contributed by atoms with van der Waals surface area (Å²) in [5, 5.41) is 8.92. The van der Waals surface area contributed by atoms with Gasteiger partial charge in [0.25, 0.3) is 0 Å². The van der Waals surface area contributed by atoms with Crippen LogP contribution in [0.2, 0.25) is 0 Å². The molecule has 3 nitrogen and oxygen atoms in total. The first-order chi connectivity index (χ1) is 7.06. The van der Waals surface area contributed by atoms with Crippen molar-refractivity contribution in [2.24, 2.45) is 5.92 Å². The van der Waals surface area contributed by atoms with E-state index in [-0.39, 0.29) is 6.54 Å². The fourth-order valence-corrected chi connectivity index (χ4v) is 2.12. The average molecular weight is 221 g/mol. The summed E-state index contributed by atoms with van der Waals surface area (Å²) in [5.41, 5.74) is 0. The summed E-state index contributed by atoms with van der Waals surface area (Å²) >= 11 is 0. The summed E-state index contributed by atoms with van der Waals surface area (Å²) in [7, 11) is 0. The van der Waals surface area contributed by atoms with Gasteiger partial charge in [0.05, 0.1) is 0 Å². The van der Waals surface area contributed by atoms with Crippen molar-refractivity contribution in [1.82, 2.24) is 4.90 Å². The fraction of sp³-hybridized carbons (Fsp3) is 0.900. The summed E-state index contributed by atoms with van der Waals surface area (Å²) in [6.07, 6.45) is -0.701. The maximum atomic E-state index is 12.5. The molecule has 2 atom stereocenters. The number of carbonyl (C=O) groups is 1. The lowest BCUT2D eigenvalue weighted by Gasteiger charge is -2.35. The molecule has 1 N–H and O–H groups in total. The SMILES string of the molecule is CCC(C(=O)O)N1CCCC(C(F)F)C1. The quantitative estimate of drug-likeness (QED) is 0.787. The van der Waals surface area contributed by atoms with Gasteiger partial charge >= 0.3 is 5.97 Å². The summed E-state index contributed by atoms with van der Waals surface area (Å²) in [4.78, 5) is 12.5. The van der Waals surface area contributed by atoms with Crippen molar-refractivity contribution < 1.29 is 18.7 Å². The van der Waals surface area contributed by atoms with E-state index in [0.717, 1.165) is 0 Å². The predicted molar refractivity (Wildman–Crippen MR) is 52.0 cm³/mol. The molecule has 0 aromatic rings. The summed E-state index contributed by atoms with van der Waals surface area (Å²) < 4.78 is 25.0. The highest BCUT2D eigenvalue weighted by atomic mass is 19.3. The largest absolute Gasteiger partial charge is 0.480 e. The van der Waals surface area contributed by atoms with Crippen LogP contribution in [0.15, 0.2) is 0 Å². The molecule has 88 valence electrons. The highest BCUT2D eigenvalue weighted by Gasteiger charge is 2.32. The van der Waals surface area contributed by atoms with Gasteiger partial charge < -0.3 is 5.11 Å². The second-order valence-electron chi connectivity index (χ2n) is 3.99. The minimum Gasteiger partial charge on any atom is -0.480 e. The van der Waals surface area contributed by atoms with E-state index in [1.54, 1.807) is 11.8 Å². The first-order valence-corrected chi connectivity index (χ1v) is 5.31. The first-order valence-electron chi connectivity index (χ1n) is 5.31.